The minimum Gasteiger partial charge on any atom is -0.374 e. The molecule has 0 fully saturated rings. The van der Waals surface area contributed by atoms with E-state index in [-0.39, 0.29) is 19.1 Å². The highest BCUT2D eigenvalue weighted by molar-refractivity contribution is 6.30. The Kier molecular flexibility index (Phi) is 7.32. The molecule has 4 nitrogen and oxygen atoms in total. The highest BCUT2D eigenvalue weighted by atomic mass is 35.5. The van der Waals surface area contributed by atoms with E-state index < -0.39 is 13.0 Å². The van der Waals surface area contributed by atoms with Crippen molar-refractivity contribution < 1.29 is 18.3 Å². The zero-order valence-corrected chi connectivity index (χ0v) is 10.9. The summed E-state index contributed by atoms with van der Waals surface area (Å²) in [5.41, 5.74) is 0.644. The van der Waals surface area contributed by atoms with Crippen LogP contribution in [0.25, 0.3) is 0 Å². The number of halogens is 3. The van der Waals surface area contributed by atoms with Crippen LogP contribution in [0.15, 0.2) is 24.3 Å². The molecule has 0 atom stereocenters. The predicted octanol–water partition coefficient (Wildman–Crippen LogP) is 2.15. The Morgan fingerprint density at radius 1 is 1.32 bits per heavy atom. The number of rotatable bonds is 8. The van der Waals surface area contributed by atoms with Gasteiger partial charge >= 0.3 is 0 Å². The summed E-state index contributed by atoms with van der Waals surface area (Å²) in [7, 11) is 0. The quantitative estimate of drug-likeness (QED) is 0.722. The van der Waals surface area contributed by atoms with Crippen LogP contribution in [0.2, 0.25) is 5.02 Å². The summed E-state index contributed by atoms with van der Waals surface area (Å²) in [6, 6.07) is 6.71. The van der Waals surface area contributed by atoms with Gasteiger partial charge in [-0.3, -0.25) is 4.79 Å². The number of amides is 1. The van der Waals surface area contributed by atoms with Crippen LogP contribution in [0.1, 0.15) is 0 Å². The Morgan fingerprint density at radius 2 is 2.00 bits per heavy atom. The minimum atomic E-state index is -2.46. The van der Waals surface area contributed by atoms with Gasteiger partial charge in [0, 0.05) is 17.3 Å². The fourth-order valence-electron chi connectivity index (χ4n) is 1.26. The number of ether oxygens (including phenoxy) is 1. The third-order valence-corrected chi connectivity index (χ3v) is 2.33. The number of nitrogens with one attached hydrogen (secondary N) is 2. The van der Waals surface area contributed by atoms with Crippen LogP contribution in [0, 0.1) is 0 Å². The van der Waals surface area contributed by atoms with Crippen molar-refractivity contribution in [2.45, 2.75) is 6.43 Å². The molecule has 0 aliphatic carbocycles. The number of hydrogen-bond donors (Lipinski definition) is 2. The summed E-state index contributed by atoms with van der Waals surface area (Å²) < 4.78 is 28.1. The maximum atomic E-state index is 11.7. The Hall–Kier alpha value is -1.24. The first-order chi connectivity index (χ1) is 9.08. The molecule has 1 rings (SSSR count). The van der Waals surface area contributed by atoms with Gasteiger partial charge in [-0.2, -0.15) is 0 Å². The van der Waals surface area contributed by atoms with E-state index in [2.05, 4.69) is 15.4 Å². The van der Waals surface area contributed by atoms with E-state index in [1.807, 2.05) is 0 Å². The van der Waals surface area contributed by atoms with Crippen LogP contribution in [0.3, 0.4) is 0 Å². The molecule has 0 saturated carbocycles. The Balaban J connectivity index is 2.09. The fourth-order valence-corrected chi connectivity index (χ4v) is 1.38. The molecular formula is C12H15ClF2N2O2. The number of carbonyl (C=O) groups excluding carboxylic acids is 1. The molecular weight excluding hydrogens is 278 g/mol. The van der Waals surface area contributed by atoms with E-state index in [4.69, 9.17) is 11.6 Å². The van der Waals surface area contributed by atoms with Crippen LogP contribution in [-0.2, 0) is 9.53 Å². The minimum absolute atomic E-state index is 0.0840. The second-order valence-electron chi connectivity index (χ2n) is 3.70. The zero-order chi connectivity index (χ0) is 14.1. The smallest absolute Gasteiger partial charge is 0.261 e. The van der Waals surface area contributed by atoms with Gasteiger partial charge in [0.2, 0.25) is 5.91 Å². The van der Waals surface area contributed by atoms with Gasteiger partial charge in [-0.15, -0.1) is 0 Å². The average molecular weight is 293 g/mol. The molecule has 0 spiro atoms. The molecule has 0 radical (unpaired) electrons. The second kappa shape index (κ2) is 8.79. The maximum Gasteiger partial charge on any atom is 0.261 e. The van der Waals surface area contributed by atoms with E-state index in [0.29, 0.717) is 17.3 Å². The molecule has 1 aromatic rings. The number of hydrogen-bond acceptors (Lipinski definition) is 3. The molecule has 7 heteroatoms. The first-order valence-electron chi connectivity index (χ1n) is 5.70. The predicted molar refractivity (Wildman–Crippen MR) is 69.8 cm³/mol. The van der Waals surface area contributed by atoms with Crippen LogP contribution in [0.5, 0.6) is 0 Å². The summed E-state index contributed by atoms with van der Waals surface area (Å²) in [4.78, 5) is 11.5. The number of benzene rings is 1. The van der Waals surface area contributed by atoms with Crippen LogP contribution >= 0.6 is 11.6 Å². The van der Waals surface area contributed by atoms with Gasteiger partial charge in [0.1, 0.15) is 6.61 Å². The Labute approximate surface area is 115 Å². The SMILES string of the molecule is O=C(CNCCOCC(F)F)Nc1ccc(Cl)cc1. The van der Waals surface area contributed by atoms with Gasteiger partial charge in [-0.1, -0.05) is 11.6 Å². The van der Waals surface area contributed by atoms with Gasteiger partial charge < -0.3 is 15.4 Å². The summed E-state index contributed by atoms with van der Waals surface area (Å²) in [5, 5.41) is 6.03. The van der Waals surface area contributed by atoms with E-state index in [1.165, 1.54) is 0 Å². The van der Waals surface area contributed by atoms with Gasteiger partial charge in [-0.05, 0) is 24.3 Å². The fraction of sp³-hybridized carbons (Fsp3) is 0.417. The Bertz CT molecular complexity index is 388. The van der Waals surface area contributed by atoms with Crippen molar-refractivity contribution in [3.8, 4) is 0 Å². The Morgan fingerprint density at radius 3 is 2.63 bits per heavy atom. The number of anilines is 1. The second-order valence-corrected chi connectivity index (χ2v) is 4.13. The molecule has 2 N–H and O–H groups in total. The standard InChI is InChI=1S/C12H15ClF2N2O2/c13-9-1-3-10(4-2-9)17-12(18)7-16-5-6-19-8-11(14)15/h1-4,11,16H,5-8H2,(H,17,18). The van der Waals surface area contributed by atoms with Gasteiger partial charge in [0.05, 0.1) is 13.2 Å². The molecule has 0 bridgehead atoms. The molecule has 0 saturated heterocycles. The largest absolute Gasteiger partial charge is 0.374 e. The molecule has 0 aliphatic heterocycles. The summed E-state index contributed by atoms with van der Waals surface area (Å²) in [6.45, 7) is -0.0291. The first-order valence-corrected chi connectivity index (χ1v) is 6.08. The molecule has 0 heterocycles. The van der Waals surface area contributed by atoms with Crippen LogP contribution in [-0.4, -0.2) is 38.6 Å². The zero-order valence-electron chi connectivity index (χ0n) is 10.2. The first kappa shape index (κ1) is 15.8. The lowest BCUT2D eigenvalue weighted by Crippen LogP contribution is -2.30. The van der Waals surface area contributed by atoms with Crippen molar-refractivity contribution in [2.75, 3.05) is 31.6 Å². The van der Waals surface area contributed by atoms with E-state index >= 15 is 0 Å². The monoisotopic (exact) mass is 292 g/mol. The van der Waals surface area contributed by atoms with Crippen molar-refractivity contribution in [3.05, 3.63) is 29.3 Å². The maximum absolute atomic E-state index is 11.7. The molecule has 1 amide bonds. The third-order valence-electron chi connectivity index (χ3n) is 2.08. The summed E-state index contributed by atoms with van der Waals surface area (Å²) >= 11 is 5.71. The van der Waals surface area contributed by atoms with Crippen molar-refractivity contribution >= 4 is 23.2 Å². The van der Waals surface area contributed by atoms with E-state index in [0.717, 1.165) is 0 Å². The molecule has 106 valence electrons. The molecule has 0 aliphatic rings. The van der Waals surface area contributed by atoms with Crippen molar-refractivity contribution in [3.63, 3.8) is 0 Å². The lowest BCUT2D eigenvalue weighted by atomic mass is 10.3. The molecule has 19 heavy (non-hydrogen) atoms. The van der Waals surface area contributed by atoms with Crippen molar-refractivity contribution in [1.29, 1.82) is 0 Å². The number of carbonyl (C=O) groups is 1. The van der Waals surface area contributed by atoms with E-state index in [1.54, 1.807) is 24.3 Å². The average Bonchev–Trinajstić information content (AvgIpc) is 2.36. The van der Waals surface area contributed by atoms with Gasteiger partial charge in [0.25, 0.3) is 6.43 Å². The molecule has 0 aromatic heterocycles. The number of alkyl halides is 2. The van der Waals surface area contributed by atoms with Crippen LogP contribution < -0.4 is 10.6 Å². The van der Waals surface area contributed by atoms with Crippen molar-refractivity contribution in [1.82, 2.24) is 5.32 Å². The summed E-state index contributed by atoms with van der Waals surface area (Å²) in [5.74, 6) is -0.226. The van der Waals surface area contributed by atoms with Crippen LogP contribution in [0.4, 0.5) is 14.5 Å². The van der Waals surface area contributed by atoms with Gasteiger partial charge in [-0.25, -0.2) is 8.78 Å². The lowest BCUT2D eigenvalue weighted by Gasteiger charge is -2.07. The third kappa shape index (κ3) is 7.71. The van der Waals surface area contributed by atoms with Crippen molar-refractivity contribution in [2.24, 2.45) is 0 Å². The lowest BCUT2D eigenvalue weighted by molar-refractivity contribution is -0.115. The topological polar surface area (TPSA) is 50.4 Å². The highest BCUT2D eigenvalue weighted by Gasteiger charge is 2.03. The molecule has 1 aromatic carbocycles. The molecule has 0 unspecified atom stereocenters. The summed E-state index contributed by atoms with van der Waals surface area (Å²) in [6.07, 6.45) is -2.46. The normalized spacial score (nSPS) is 10.7. The van der Waals surface area contributed by atoms with Gasteiger partial charge in [0.15, 0.2) is 0 Å². The highest BCUT2D eigenvalue weighted by Crippen LogP contribution is 2.12. The van der Waals surface area contributed by atoms with E-state index in [9.17, 15) is 13.6 Å².